The van der Waals surface area contributed by atoms with E-state index in [-0.39, 0.29) is 0 Å². The van der Waals surface area contributed by atoms with Crippen LogP contribution in [0.1, 0.15) is 12.7 Å². The molecule has 0 atom stereocenters. The fourth-order valence-electron chi connectivity index (χ4n) is 1.59. The fraction of sp³-hybridized carbons (Fsp3) is 0.455. The Bertz CT molecular complexity index is 466. The third-order valence-corrected chi connectivity index (χ3v) is 2.34. The summed E-state index contributed by atoms with van der Waals surface area (Å²) < 4.78 is 5.03. The maximum atomic E-state index is 5.03. The Morgan fingerprint density at radius 2 is 2.31 bits per heavy atom. The van der Waals surface area contributed by atoms with Gasteiger partial charge in [0.2, 0.25) is 0 Å². The molecule has 0 amide bonds. The van der Waals surface area contributed by atoms with Gasteiger partial charge in [-0.3, -0.25) is 0 Å². The van der Waals surface area contributed by atoms with E-state index in [0.29, 0.717) is 6.61 Å². The molecule has 2 N–H and O–H groups in total. The molecule has 86 valence electrons. The number of nitrogens with one attached hydrogen (secondary N) is 2. The van der Waals surface area contributed by atoms with Gasteiger partial charge in [-0.2, -0.15) is 0 Å². The smallest absolute Gasteiger partial charge is 0.143 e. The van der Waals surface area contributed by atoms with Gasteiger partial charge < -0.3 is 15.0 Å². The number of hydrogen-bond donors (Lipinski definition) is 2. The Labute approximate surface area is 94.2 Å². The van der Waals surface area contributed by atoms with Crippen molar-refractivity contribution < 1.29 is 4.74 Å². The van der Waals surface area contributed by atoms with Crippen LogP contribution in [0.15, 0.2) is 12.3 Å². The van der Waals surface area contributed by atoms with E-state index >= 15 is 0 Å². The van der Waals surface area contributed by atoms with E-state index < -0.39 is 0 Å². The zero-order chi connectivity index (χ0) is 11.4. The van der Waals surface area contributed by atoms with Crippen LogP contribution in [0.25, 0.3) is 11.0 Å². The summed E-state index contributed by atoms with van der Waals surface area (Å²) in [7, 11) is 1.68. The number of ether oxygens (including phenoxy) is 1. The van der Waals surface area contributed by atoms with Crippen LogP contribution in [0.4, 0.5) is 5.82 Å². The van der Waals surface area contributed by atoms with Gasteiger partial charge >= 0.3 is 0 Å². The van der Waals surface area contributed by atoms with Gasteiger partial charge in [-0.15, -0.1) is 0 Å². The Kier molecular flexibility index (Phi) is 3.36. The summed E-state index contributed by atoms with van der Waals surface area (Å²) in [6, 6.07) is 1.98. The van der Waals surface area contributed by atoms with E-state index in [1.165, 1.54) is 0 Å². The zero-order valence-electron chi connectivity index (χ0n) is 9.58. The third kappa shape index (κ3) is 2.14. The first-order valence-electron chi connectivity index (χ1n) is 5.42. The molecule has 5 heteroatoms. The van der Waals surface area contributed by atoms with E-state index in [2.05, 4.69) is 27.2 Å². The predicted octanol–water partition coefficient (Wildman–Crippen LogP) is 1.58. The lowest BCUT2D eigenvalue weighted by Gasteiger charge is -2.06. The van der Waals surface area contributed by atoms with Gasteiger partial charge in [-0.1, -0.05) is 0 Å². The summed E-state index contributed by atoms with van der Waals surface area (Å²) in [6.07, 6.45) is 2.60. The number of H-pyrrole nitrogens is 1. The molecule has 16 heavy (non-hydrogen) atoms. The van der Waals surface area contributed by atoms with Crippen LogP contribution in [0.3, 0.4) is 0 Å². The van der Waals surface area contributed by atoms with Crippen molar-refractivity contribution in [2.45, 2.75) is 13.3 Å². The standard InChI is InChI=1S/C11H16N4O/c1-3-12-10-8-4-6-13-11(8)15-9(14-10)5-7-16-2/h4,6H,3,5,7H2,1-2H3,(H2,12,13,14,15). The summed E-state index contributed by atoms with van der Waals surface area (Å²) >= 11 is 0. The van der Waals surface area contributed by atoms with E-state index in [1.54, 1.807) is 7.11 Å². The lowest BCUT2D eigenvalue weighted by molar-refractivity contribution is 0.200. The highest BCUT2D eigenvalue weighted by molar-refractivity contribution is 5.86. The van der Waals surface area contributed by atoms with Crippen molar-refractivity contribution in [3.63, 3.8) is 0 Å². The Morgan fingerprint density at radius 3 is 3.06 bits per heavy atom. The largest absolute Gasteiger partial charge is 0.384 e. The van der Waals surface area contributed by atoms with Crippen LogP contribution in [-0.4, -0.2) is 35.2 Å². The van der Waals surface area contributed by atoms with Crippen molar-refractivity contribution in [2.24, 2.45) is 0 Å². The highest BCUT2D eigenvalue weighted by Gasteiger charge is 2.07. The number of hydrogen-bond acceptors (Lipinski definition) is 4. The minimum atomic E-state index is 0.637. The average Bonchev–Trinajstić information content (AvgIpc) is 2.75. The molecule has 2 rings (SSSR count). The quantitative estimate of drug-likeness (QED) is 0.803. The topological polar surface area (TPSA) is 62.8 Å². The molecule has 0 radical (unpaired) electrons. The van der Waals surface area contributed by atoms with Gasteiger partial charge in [-0.25, -0.2) is 9.97 Å². The van der Waals surface area contributed by atoms with Gasteiger partial charge in [0, 0.05) is 26.3 Å². The maximum Gasteiger partial charge on any atom is 0.143 e. The molecule has 0 aliphatic rings. The Hall–Kier alpha value is -1.62. The summed E-state index contributed by atoms with van der Waals surface area (Å²) in [5.41, 5.74) is 0.872. The van der Waals surface area contributed by atoms with Crippen molar-refractivity contribution >= 4 is 16.9 Å². The first-order chi connectivity index (χ1) is 7.85. The molecule has 2 heterocycles. The molecule has 2 aromatic heterocycles. The SMILES string of the molecule is CCNc1nc(CCOC)nc2[nH]ccc12. The molecule has 0 fully saturated rings. The van der Waals surface area contributed by atoms with Crippen LogP contribution in [0.2, 0.25) is 0 Å². The molecule has 0 saturated heterocycles. The lowest BCUT2D eigenvalue weighted by atomic mass is 10.3. The van der Waals surface area contributed by atoms with Gasteiger partial charge in [0.05, 0.1) is 12.0 Å². The van der Waals surface area contributed by atoms with Crippen LogP contribution in [-0.2, 0) is 11.2 Å². The molecule has 5 nitrogen and oxygen atoms in total. The van der Waals surface area contributed by atoms with Crippen LogP contribution < -0.4 is 5.32 Å². The second-order valence-corrected chi connectivity index (χ2v) is 3.50. The molecule has 0 aliphatic heterocycles. The number of methoxy groups -OCH3 is 1. The monoisotopic (exact) mass is 220 g/mol. The molecule has 0 aliphatic carbocycles. The molecule has 0 spiro atoms. The van der Waals surface area contributed by atoms with Crippen LogP contribution in [0.5, 0.6) is 0 Å². The molecule has 0 unspecified atom stereocenters. The van der Waals surface area contributed by atoms with E-state index in [1.807, 2.05) is 12.3 Å². The second-order valence-electron chi connectivity index (χ2n) is 3.50. The highest BCUT2D eigenvalue weighted by atomic mass is 16.5. The Balaban J connectivity index is 2.36. The van der Waals surface area contributed by atoms with Crippen molar-refractivity contribution in [3.8, 4) is 0 Å². The zero-order valence-corrected chi connectivity index (χ0v) is 9.58. The number of aromatic amines is 1. The second kappa shape index (κ2) is 4.94. The van der Waals surface area contributed by atoms with Crippen molar-refractivity contribution in [1.29, 1.82) is 0 Å². The highest BCUT2D eigenvalue weighted by Crippen LogP contribution is 2.18. The summed E-state index contributed by atoms with van der Waals surface area (Å²) in [5, 5.41) is 4.27. The minimum Gasteiger partial charge on any atom is -0.384 e. The van der Waals surface area contributed by atoms with Crippen molar-refractivity contribution in [1.82, 2.24) is 15.0 Å². The molecular formula is C11H16N4O. The van der Waals surface area contributed by atoms with E-state index in [0.717, 1.165) is 35.6 Å². The van der Waals surface area contributed by atoms with E-state index in [9.17, 15) is 0 Å². The Morgan fingerprint density at radius 1 is 1.44 bits per heavy atom. The summed E-state index contributed by atoms with van der Waals surface area (Å²) in [6.45, 7) is 3.54. The molecular weight excluding hydrogens is 204 g/mol. The third-order valence-electron chi connectivity index (χ3n) is 2.34. The number of rotatable bonds is 5. The molecule has 0 aromatic carbocycles. The van der Waals surface area contributed by atoms with Gasteiger partial charge in [-0.05, 0) is 13.0 Å². The van der Waals surface area contributed by atoms with Gasteiger partial charge in [0.1, 0.15) is 17.3 Å². The average molecular weight is 220 g/mol. The van der Waals surface area contributed by atoms with Crippen LogP contribution in [0, 0.1) is 0 Å². The lowest BCUT2D eigenvalue weighted by Crippen LogP contribution is -2.06. The number of aromatic nitrogens is 3. The van der Waals surface area contributed by atoms with E-state index in [4.69, 9.17) is 4.74 Å². The van der Waals surface area contributed by atoms with Gasteiger partial charge in [0.15, 0.2) is 0 Å². The van der Waals surface area contributed by atoms with Crippen molar-refractivity contribution in [3.05, 3.63) is 18.1 Å². The fourth-order valence-corrected chi connectivity index (χ4v) is 1.59. The minimum absolute atomic E-state index is 0.637. The predicted molar refractivity (Wildman–Crippen MR) is 63.6 cm³/mol. The molecule has 0 bridgehead atoms. The summed E-state index contributed by atoms with van der Waals surface area (Å²) in [5.74, 6) is 1.69. The first-order valence-corrected chi connectivity index (χ1v) is 5.42. The van der Waals surface area contributed by atoms with Gasteiger partial charge in [0.25, 0.3) is 0 Å². The number of nitrogens with zero attached hydrogens (tertiary/aromatic N) is 2. The molecule has 2 aromatic rings. The molecule has 0 saturated carbocycles. The number of fused-ring (bicyclic) bond motifs is 1. The van der Waals surface area contributed by atoms with Crippen molar-refractivity contribution in [2.75, 3.05) is 25.6 Å². The summed E-state index contributed by atoms with van der Waals surface area (Å²) in [4.78, 5) is 12.0. The maximum absolute atomic E-state index is 5.03. The first kappa shape index (κ1) is 10.9. The van der Waals surface area contributed by atoms with Crippen LogP contribution >= 0.6 is 0 Å². The number of anilines is 1. The normalized spacial score (nSPS) is 10.9.